The van der Waals surface area contributed by atoms with Crippen LogP contribution in [-0.2, 0) is 19.1 Å². The zero-order valence-electron chi connectivity index (χ0n) is 21.3. The van der Waals surface area contributed by atoms with Crippen molar-refractivity contribution in [1.29, 1.82) is 0 Å². The van der Waals surface area contributed by atoms with Crippen LogP contribution in [0.1, 0.15) is 68.9 Å². The van der Waals surface area contributed by atoms with E-state index in [1.165, 1.54) is 6.92 Å². The van der Waals surface area contributed by atoms with Gasteiger partial charge in [0, 0.05) is 25.8 Å². The number of ether oxygens (including phenoxy) is 1. The average Bonchev–Trinajstić information content (AvgIpc) is 3.48. The predicted molar refractivity (Wildman–Crippen MR) is 140 cm³/mol. The molecule has 0 radical (unpaired) electrons. The highest BCUT2D eigenvalue weighted by Crippen LogP contribution is 2.44. The Morgan fingerprint density at radius 2 is 1.59 bits per heavy atom. The van der Waals surface area contributed by atoms with Gasteiger partial charge in [-0.3, -0.25) is 14.4 Å². The van der Waals surface area contributed by atoms with Crippen molar-refractivity contribution in [3.63, 3.8) is 0 Å². The van der Waals surface area contributed by atoms with Crippen LogP contribution in [0.2, 0.25) is 0 Å². The highest BCUT2D eigenvalue weighted by atomic mass is 16.5. The molecule has 3 amide bonds. The van der Waals surface area contributed by atoms with Gasteiger partial charge in [0.2, 0.25) is 11.8 Å². The second-order valence-corrected chi connectivity index (χ2v) is 10.1. The maximum absolute atomic E-state index is 13.0. The maximum atomic E-state index is 13.0. The molecule has 1 atom stereocenters. The summed E-state index contributed by atoms with van der Waals surface area (Å²) in [6, 6.07) is 15.6. The van der Waals surface area contributed by atoms with E-state index >= 15 is 0 Å². The van der Waals surface area contributed by atoms with E-state index in [-0.39, 0.29) is 30.6 Å². The first-order valence-electron chi connectivity index (χ1n) is 13.0. The zero-order chi connectivity index (χ0) is 26.4. The van der Waals surface area contributed by atoms with E-state index in [0.717, 1.165) is 35.1 Å². The Labute approximate surface area is 217 Å². The van der Waals surface area contributed by atoms with Crippen LogP contribution in [0.15, 0.2) is 48.5 Å². The van der Waals surface area contributed by atoms with Crippen LogP contribution in [0.3, 0.4) is 0 Å². The fraction of sp³-hybridized carbons (Fsp3) is 0.448. The molecule has 0 heterocycles. The predicted octanol–water partition coefficient (Wildman–Crippen LogP) is 3.81. The molecule has 37 heavy (non-hydrogen) atoms. The molecular formula is C29H35N3O5. The summed E-state index contributed by atoms with van der Waals surface area (Å²) in [7, 11) is 0. The third-order valence-electron chi connectivity index (χ3n) is 7.64. The minimum atomic E-state index is -0.812. The summed E-state index contributed by atoms with van der Waals surface area (Å²) in [4.78, 5) is 49.1. The number of ketones is 1. The summed E-state index contributed by atoms with van der Waals surface area (Å²) in [5.74, 6) is -0.982. The molecule has 0 saturated heterocycles. The standard InChI is InChI=1S/C29H35N3O5/c1-19(33)32-25(26(34)17-29(27(30)35)14-6-7-15-29)13-8-16-31-28(36)37-18-24-22-11-4-2-9-20(22)21-10-3-5-12-23(21)24/h2-5,9-12,24-25H,6-8,13-18H2,1H3,(H2,30,35)(H,31,36)(H,32,33)/t25-/m0/s1. The van der Waals surface area contributed by atoms with Gasteiger partial charge in [0.15, 0.2) is 5.78 Å². The Hall–Kier alpha value is -3.68. The number of rotatable bonds is 11. The number of benzene rings is 2. The van der Waals surface area contributed by atoms with E-state index in [2.05, 4.69) is 34.9 Å². The summed E-state index contributed by atoms with van der Waals surface area (Å²) in [5.41, 5.74) is 9.42. The van der Waals surface area contributed by atoms with Crippen molar-refractivity contribution in [3.8, 4) is 11.1 Å². The van der Waals surface area contributed by atoms with Gasteiger partial charge in [-0.05, 0) is 47.9 Å². The molecule has 0 bridgehead atoms. The Bertz CT molecular complexity index is 1130. The largest absolute Gasteiger partial charge is 0.449 e. The van der Waals surface area contributed by atoms with E-state index in [1.54, 1.807) is 0 Å². The van der Waals surface area contributed by atoms with Crippen molar-refractivity contribution < 1.29 is 23.9 Å². The molecule has 196 valence electrons. The lowest BCUT2D eigenvalue weighted by Gasteiger charge is -2.27. The fourth-order valence-corrected chi connectivity index (χ4v) is 5.72. The molecule has 4 rings (SSSR count). The molecule has 0 spiro atoms. The number of Topliss-reactive ketones (excluding diaryl/α,β-unsaturated/α-hetero) is 1. The summed E-state index contributed by atoms with van der Waals surface area (Å²) in [5, 5.41) is 5.44. The number of primary amides is 1. The number of hydrogen-bond donors (Lipinski definition) is 3. The number of fused-ring (bicyclic) bond motifs is 3. The molecule has 2 aromatic carbocycles. The van der Waals surface area contributed by atoms with Crippen LogP contribution in [0.25, 0.3) is 11.1 Å². The zero-order valence-corrected chi connectivity index (χ0v) is 21.3. The number of nitrogens with two attached hydrogens (primary N) is 1. The Kier molecular flexibility index (Phi) is 8.26. The number of carbonyl (C=O) groups excluding carboxylic acids is 4. The van der Waals surface area contributed by atoms with E-state index in [1.807, 2.05) is 24.3 Å². The molecule has 2 aromatic rings. The van der Waals surface area contributed by atoms with Crippen molar-refractivity contribution in [2.24, 2.45) is 11.1 Å². The van der Waals surface area contributed by atoms with Gasteiger partial charge in [0.25, 0.3) is 0 Å². The van der Waals surface area contributed by atoms with Crippen LogP contribution in [-0.4, -0.2) is 42.9 Å². The monoisotopic (exact) mass is 505 g/mol. The van der Waals surface area contributed by atoms with Crippen LogP contribution in [0.4, 0.5) is 4.79 Å². The van der Waals surface area contributed by atoms with Crippen molar-refractivity contribution in [2.45, 2.75) is 63.8 Å². The van der Waals surface area contributed by atoms with Crippen molar-refractivity contribution in [2.75, 3.05) is 13.2 Å². The smallest absolute Gasteiger partial charge is 0.407 e. The van der Waals surface area contributed by atoms with E-state index in [4.69, 9.17) is 10.5 Å². The third kappa shape index (κ3) is 6.01. The minimum Gasteiger partial charge on any atom is -0.449 e. The highest BCUT2D eigenvalue weighted by molar-refractivity contribution is 5.93. The van der Waals surface area contributed by atoms with Gasteiger partial charge in [-0.15, -0.1) is 0 Å². The lowest BCUT2D eigenvalue weighted by Crippen LogP contribution is -2.45. The lowest BCUT2D eigenvalue weighted by atomic mass is 9.79. The SMILES string of the molecule is CC(=O)N[C@@H](CCCNC(=O)OCC1c2ccccc2-c2ccccc21)C(=O)CC1(C(N)=O)CCCC1. The van der Waals surface area contributed by atoms with Gasteiger partial charge in [0.05, 0.1) is 11.5 Å². The Morgan fingerprint density at radius 1 is 1.00 bits per heavy atom. The van der Waals surface area contributed by atoms with E-state index in [0.29, 0.717) is 32.2 Å². The minimum absolute atomic E-state index is 0.0203. The maximum Gasteiger partial charge on any atom is 0.407 e. The molecule has 8 heteroatoms. The Balaban J connectivity index is 1.26. The van der Waals surface area contributed by atoms with Crippen LogP contribution >= 0.6 is 0 Å². The second kappa shape index (κ2) is 11.6. The number of alkyl carbamates (subject to hydrolysis) is 1. The fourth-order valence-electron chi connectivity index (χ4n) is 5.72. The van der Waals surface area contributed by atoms with Crippen LogP contribution < -0.4 is 16.4 Å². The lowest BCUT2D eigenvalue weighted by molar-refractivity contribution is -0.134. The van der Waals surface area contributed by atoms with E-state index in [9.17, 15) is 19.2 Å². The van der Waals surface area contributed by atoms with Crippen molar-refractivity contribution in [3.05, 3.63) is 59.7 Å². The van der Waals surface area contributed by atoms with Gasteiger partial charge >= 0.3 is 6.09 Å². The summed E-state index contributed by atoms with van der Waals surface area (Å²) < 4.78 is 5.55. The normalized spacial score (nSPS) is 16.4. The first kappa shape index (κ1) is 26.4. The first-order chi connectivity index (χ1) is 17.8. The number of nitrogens with one attached hydrogen (secondary N) is 2. The van der Waals surface area contributed by atoms with Gasteiger partial charge in [-0.25, -0.2) is 4.79 Å². The molecule has 1 fully saturated rings. The number of carbonyl (C=O) groups is 4. The molecule has 1 saturated carbocycles. The highest BCUT2D eigenvalue weighted by Gasteiger charge is 2.42. The molecule has 4 N–H and O–H groups in total. The molecule has 2 aliphatic carbocycles. The topological polar surface area (TPSA) is 128 Å². The summed E-state index contributed by atoms with van der Waals surface area (Å²) in [6.45, 7) is 1.87. The molecule has 2 aliphatic rings. The molecule has 0 aliphatic heterocycles. The van der Waals surface area contributed by atoms with Crippen LogP contribution in [0.5, 0.6) is 0 Å². The second-order valence-electron chi connectivity index (χ2n) is 10.1. The van der Waals surface area contributed by atoms with Crippen molar-refractivity contribution >= 4 is 23.7 Å². The first-order valence-corrected chi connectivity index (χ1v) is 13.0. The number of amides is 3. The van der Waals surface area contributed by atoms with Gasteiger partial charge in [0.1, 0.15) is 6.61 Å². The van der Waals surface area contributed by atoms with Gasteiger partial charge in [-0.2, -0.15) is 0 Å². The third-order valence-corrected chi connectivity index (χ3v) is 7.64. The molecule has 0 unspecified atom stereocenters. The summed E-state index contributed by atoms with van der Waals surface area (Å²) in [6.07, 6.45) is 3.25. The molecule has 8 nitrogen and oxygen atoms in total. The van der Waals surface area contributed by atoms with E-state index < -0.39 is 23.5 Å². The Morgan fingerprint density at radius 3 is 2.16 bits per heavy atom. The number of hydrogen-bond acceptors (Lipinski definition) is 5. The summed E-state index contributed by atoms with van der Waals surface area (Å²) >= 11 is 0. The molecule has 0 aromatic heterocycles. The quantitative estimate of drug-likeness (QED) is 0.400. The van der Waals surface area contributed by atoms with Gasteiger partial charge in [-0.1, -0.05) is 61.4 Å². The van der Waals surface area contributed by atoms with Crippen molar-refractivity contribution in [1.82, 2.24) is 10.6 Å². The average molecular weight is 506 g/mol. The van der Waals surface area contributed by atoms with Gasteiger partial charge < -0.3 is 21.1 Å². The van der Waals surface area contributed by atoms with Crippen LogP contribution in [0, 0.1) is 5.41 Å². The molecular weight excluding hydrogens is 470 g/mol.